The van der Waals surface area contributed by atoms with Crippen LogP contribution in [0.1, 0.15) is 36.2 Å². The number of ketones is 1. The van der Waals surface area contributed by atoms with Gasteiger partial charge in [0.15, 0.2) is 5.78 Å². The minimum absolute atomic E-state index is 0.132. The molecule has 1 aliphatic rings. The van der Waals surface area contributed by atoms with Crippen molar-refractivity contribution in [1.82, 2.24) is 14.5 Å². The lowest BCUT2D eigenvalue weighted by molar-refractivity contribution is -0.134. The maximum atomic E-state index is 13.6. The zero-order valence-corrected chi connectivity index (χ0v) is 19.9. The highest BCUT2D eigenvalue weighted by Crippen LogP contribution is 2.40. The summed E-state index contributed by atoms with van der Waals surface area (Å²) in [5.41, 5.74) is 3.89. The van der Waals surface area contributed by atoms with Crippen molar-refractivity contribution in [1.29, 1.82) is 0 Å². The van der Waals surface area contributed by atoms with Crippen molar-refractivity contribution in [3.63, 3.8) is 0 Å². The number of aromatic nitrogens is 2. The van der Waals surface area contributed by atoms with Gasteiger partial charge in [0.25, 0.3) is 0 Å². The number of aryl methyl sites for hydroxylation is 3. The van der Waals surface area contributed by atoms with Crippen molar-refractivity contribution in [2.75, 3.05) is 33.9 Å². The lowest BCUT2D eigenvalue weighted by Crippen LogP contribution is -2.42. The molecule has 0 bridgehead atoms. The summed E-state index contributed by atoms with van der Waals surface area (Å²) in [4.78, 5) is 20.2. The second-order valence-electron chi connectivity index (χ2n) is 9.46. The molecule has 1 aromatic heterocycles. The predicted octanol–water partition coefficient (Wildman–Crippen LogP) is 4.36. The predicted molar refractivity (Wildman–Crippen MR) is 129 cm³/mol. The quantitative estimate of drug-likeness (QED) is 0.460. The number of Topliss-reactive ketones (excluding diaryl/α,β-unsaturated/α-hetero) is 1. The highest BCUT2D eigenvalue weighted by atomic mass is 19.1. The first-order chi connectivity index (χ1) is 15.9. The average molecular weight is 452 g/mol. The van der Waals surface area contributed by atoms with E-state index in [0.29, 0.717) is 6.42 Å². The van der Waals surface area contributed by atoms with Crippen molar-refractivity contribution >= 4 is 16.8 Å². The molecule has 5 nitrogen and oxygen atoms in total. The van der Waals surface area contributed by atoms with Gasteiger partial charge >= 0.3 is 0 Å². The van der Waals surface area contributed by atoms with E-state index in [2.05, 4.69) is 35.7 Å². The second kappa shape index (κ2) is 10.1. The van der Waals surface area contributed by atoms with E-state index >= 15 is 0 Å². The van der Waals surface area contributed by atoms with Crippen LogP contribution in [0.25, 0.3) is 11.0 Å². The molecule has 0 spiro atoms. The van der Waals surface area contributed by atoms with Crippen LogP contribution in [0.2, 0.25) is 0 Å². The number of carbonyl (C=O) groups is 1. The first kappa shape index (κ1) is 23.6. The number of nitrogens with zero attached hydrogens (tertiary/aromatic N) is 3. The SMILES string of the molecule is COCC(=O)C1(CCN(C)CCCc2nc3ccccc3n2C)CCc2cc(F)ccc2C1. The number of hydrogen-bond acceptors (Lipinski definition) is 4. The largest absolute Gasteiger partial charge is 0.377 e. The summed E-state index contributed by atoms with van der Waals surface area (Å²) in [5, 5.41) is 0. The normalized spacial score (nSPS) is 18.1. The van der Waals surface area contributed by atoms with E-state index < -0.39 is 5.41 Å². The van der Waals surface area contributed by atoms with Gasteiger partial charge < -0.3 is 14.2 Å². The van der Waals surface area contributed by atoms with Crippen LogP contribution < -0.4 is 0 Å². The molecule has 1 heterocycles. The Kier molecular flexibility index (Phi) is 7.25. The van der Waals surface area contributed by atoms with Gasteiger partial charge in [0.1, 0.15) is 18.2 Å². The zero-order valence-electron chi connectivity index (χ0n) is 19.9. The summed E-state index contributed by atoms with van der Waals surface area (Å²) in [6.07, 6.45) is 4.86. The maximum absolute atomic E-state index is 13.6. The fraction of sp³-hybridized carbons (Fsp3) is 0.481. The van der Waals surface area contributed by atoms with Crippen molar-refractivity contribution in [2.24, 2.45) is 12.5 Å². The Morgan fingerprint density at radius 2 is 2.03 bits per heavy atom. The van der Waals surface area contributed by atoms with Gasteiger partial charge in [-0.15, -0.1) is 0 Å². The van der Waals surface area contributed by atoms with Crippen LogP contribution in [-0.2, 0) is 35.8 Å². The molecule has 33 heavy (non-hydrogen) atoms. The molecule has 1 aliphatic carbocycles. The van der Waals surface area contributed by atoms with E-state index in [1.54, 1.807) is 13.2 Å². The van der Waals surface area contributed by atoms with E-state index in [-0.39, 0.29) is 18.2 Å². The third-order valence-corrected chi connectivity index (χ3v) is 7.23. The van der Waals surface area contributed by atoms with Crippen LogP contribution >= 0.6 is 0 Å². The Hall–Kier alpha value is -2.57. The van der Waals surface area contributed by atoms with Gasteiger partial charge in [0, 0.05) is 26.0 Å². The summed E-state index contributed by atoms with van der Waals surface area (Å²) in [7, 11) is 5.77. The van der Waals surface area contributed by atoms with E-state index in [1.165, 1.54) is 6.07 Å². The van der Waals surface area contributed by atoms with Gasteiger partial charge in [-0.1, -0.05) is 18.2 Å². The van der Waals surface area contributed by atoms with Gasteiger partial charge in [-0.2, -0.15) is 0 Å². The Labute approximate surface area is 195 Å². The van der Waals surface area contributed by atoms with Gasteiger partial charge in [-0.25, -0.2) is 9.37 Å². The fourth-order valence-electron chi connectivity index (χ4n) is 5.14. The highest BCUT2D eigenvalue weighted by molar-refractivity contribution is 5.86. The summed E-state index contributed by atoms with van der Waals surface area (Å²) in [5.74, 6) is 1.06. The van der Waals surface area contributed by atoms with E-state index in [4.69, 9.17) is 9.72 Å². The number of hydrogen-bond donors (Lipinski definition) is 0. The van der Waals surface area contributed by atoms with Crippen LogP contribution in [0, 0.1) is 11.2 Å². The Balaban J connectivity index is 1.36. The number of carbonyl (C=O) groups excluding carboxylic acids is 1. The number of rotatable bonds is 10. The third kappa shape index (κ3) is 5.17. The van der Waals surface area contributed by atoms with Crippen molar-refractivity contribution in [3.8, 4) is 0 Å². The topological polar surface area (TPSA) is 47.4 Å². The smallest absolute Gasteiger partial charge is 0.164 e. The molecule has 0 saturated carbocycles. The molecular weight excluding hydrogens is 417 g/mol. The number of fused-ring (bicyclic) bond motifs is 2. The van der Waals surface area contributed by atoms with Gasteiger partial charge in [-0.05, 0) is 87.6 Å². The van der Waals surface area contributed by atoms with Crippen LogP contribution in [0.15, 0.2) is 42.5 Å². The maximum Gasteiger partial charge on any atom is 0.164 e. The fourth-order valence-corrected chi connectivity index (χ4v) is 5.14. The number of methoxy groups -OCH3 is 1. The standard InChI is InChI=1S/C27H34FN3O2/c1-30(15-6-9-26-29-23-7-4-5-8-24(23)31(26)2)16-14-27(25(32)19-33-3)13-12-20-17-22(28)11-10-21(20)18-27/h4-5,7-8,10-11,17H,6,9,12-16,18-19H2,1-3H3. The molecule has 0 amide bonds. The summed E-state index contributed by atoms with van der Waals surface area (Å²) >= 11 is 0. The van der Waals surface area contributed by atoms with Gasteiger partial charge in [0.05, 0.1) is 11.0 Å². The molecule has 0 N–H and O–H groups in total. The van der Waals surface area contributed by atoms with E-state index in [0.717, 1.165) is 73.2 Å². The van der Waals surface area contributed by atoms with Crippen LogP contribution in [0.3, 0.4) is 0 Å². The molecule has 0 aliphatic heterocycles. The molecule has 1 unspecified atom stereocenters. The van der Waals surface area contributed by atoms with Gasteiger partial charge in [-0.3, -0.25) is 4.79 Å². The van der Waals surface area contributed by atoms with Crippen LogP contribution in [0.5, 0.6) is 0 Å². The van der Waals surface area contributed by atoms with E-state index in [9.17, 15) is 9.18 Å². The Morgan fingerprint density at radius 1 is 1.21 bits per heavy atom. The molecule has 1 atom stereocenters. The first-order valence-electron chi connectivity index (χ1n) is 11.8. The lowest BCUT2D eigenvalue weighted by Gasteiger charge is -2.38. The monoisotopic (exact) mass is 451 g/mol. The molecular formula is C27H34FN3O2. The number of halogens is 1. The molecule has 0 fully saturated rings. The highest BCUT2D eigenvalue weighted by Gasteiger charge is 2.40. The molecule has 3 aromatic rings. The van der Waals surface area contributed by atoms with Crippen LogP contribution in [-0.4, -0.2) is 54.1 Å². The van der Waals surface area contributed by atoms with Crippen molar-refractivity contribution in [3.05, 3.63) is 65.2 Å². The Morgan fingerprint density at radius 3 is 2.82 bits per heavy atom. The molecule has 2 aromatic carbocycles. The molecule has 6 heteroatoms. The minimum Gasteiger partial charge on any atom is -0.377 e. The molecule has 0 saturated heterocycles. The summed E-state index contributed by atoms with van der Waals surface area (Å²) in [6.45, 7) is 1.92. The summed E-state index contributed by atoms with van der Waals surface area (Å²) < 4.78 is 21.0. The minimum atomic E-state index is -0.438. The van der Waals surface area contributed by atoms with E-state index in [1.807, 2.05) is 18.2 Å². The first-order valence-corrected chi connectivity index (χ1v) is 11.8. The van der Waals surface area contributed by atoms with Crippen LogP contribution in [0.4, 0.5) is 4.39 Å². The average Bonchev–Trinajstić information content (AvgIpc) is 3.13. The molecule has 4 rings (SSSR count). The molecule has 176 valence electrons. The molecule has 0 radical (unpaired) electrons. The number of imidazole rings is 1. The third-order valence-electron chi connectivity index (χ3n) is 7.23. The lowest BCUT2D eigenvalue weighted by atomic mass is 9.67. The summed E-state index contributed by atoms with van der Waals surface area (Å²) in [6, 6.07) is 13.2. The number of para-hydroxylation sites is 2. The van der Waals surface area contributed by atoms with Crippen molar-refractivity contribution < 1.29 is 13.9 Å². The Bertz CT molecular complexity index is 1130. The van der Waals surface area contributed by atoms with Crippen molar-refractivity contribution in [2.45, 2.75) is 38.5 Å². The number of benzene rings is 2. The van der Waals surface area contributed by atoms with Gasteiger partial charge in [0.2, 0.25) is 0 Å². The number of ether oxygens (including phenoxy) is 1. The second-order valence-corrected chi connectivity index (χ2v) is 9.46. The zero-order chi connectivity index (χ0) is 23.4.